The summed E-state index contributed by atoms with van der Waals surface area (Å²) in [5.74, 6) is 0.222. The van der Waals surface area contributed by atoms with Gasteiger partial charge < -0.3 is 23.8 Å². The standard InChI is InChI=1S/C20H21F3N2O6S/c1-27-15-10-13(2-3-14(15)28-7-8-30-20(21,22)23)17(26)25-6-4-19(18-24-5-9-32-18)16(11-25)29-12-31-19/h2-3,5,9-10,16H,4,6-8,11-12H2,1H3/t16-,19+/m0/s1. The van der Waals surface area contributed by atoms with E-state index in [0.29, 0.717) is 25.1 Å². The van der Waals surface area contributed by atoms with Crippen LogP contribution in [-0.4, -0.2) is 68.5 Å². The van der Waals surface area contributed by atoms with E-state index in [1.807, 2.05) is 5.38 Å². The number of alkyl halides is 3. The zero-order valence-corrected chi connectivity index (χ0v) is 17.9. The van der Waals surface area contributed by atoms with Gasteiger partial charge in [0.1, 0.15) is 24.5 Å². The van der Waals surface area contributed by atoms with E-state index in [1.54, 1.807) is 17.2 Å². The molecular formula is C20H21F3N2O6S. The fourth-order valence-electron chi connectivity index (χ4n) is 3.81. The van der Waals surface area contributed by atoms with Gasteiger partial charge in [-0.25, -0.2) is 4.98 Å². The highest BCUT2D eigenvalue weighted by Gasteiger charge is 2.52. The van der Waals surface area contributed by atoms with Crippen molar-refractivity contribution < 1.29 is 41.7 Å². The normalized spacial score (nSPS) is 23.1. The maximum Gasteiger partial charge on any atom is 0.522 e. The number of carbonyl (C=O) groups is 1. The number of aromatic nitrogens is 1. The molecule has 2 aromatic rings. The summed E-state index contributed by atoms with van der Waals surface area (Å²) in [5, 5.41) is 2.72. The Kier molecular flexibility index (Phi) is 6.56. The number of likely N-dealkylation sites (tertiary alicyclic amines) is 1. The molecule has 1 aromatic heterocycles. The SMILES string of the molecule is COc1cc(C(=O)N2CC[C@@]3(c4nccs4)OCO[C@H]3C2)ccc1OCCOC(F)(F)F. The molecule has 2 aliphatic rings. The summed E-state index contributed by atoms with van der Waals surface area (Å²) in [6.07, 6.45) is -2.78. The number of nitrogens with zero attached hydrogens (tertiary/aromatic N) is 2. The lowest BCUT2D eigenvalue weighted by molar-refractivity contribution is -0.325. The number of fused-ring (bicyclic) bond motifs is 1. The van der Waals surface area contributed by atoms with E-state index in [2.05, 4.69) is 9.72 Å². The maximum absolute atomic E-state index is 13.1. The van der Waals surface area contributed by atoms with Crippen molar-refractivity contribution in [1.29, 1.82) is 0 Å². The summed E-state index contributed by atoms with van der Waals surface area (Å²) >= 11 is 1.50. The van der Waals surface area contributed by atoms with Gasteiger partial charge in [-0.3, -0.25) is 9.53 Å². The number of amides is 1. The third-order valence-corrected chi connectivity index (χ3v) is 6.28. The third kappa shape index (κ3) is 4.68. The van der Waals surface area contributed by atoms with Crippen molar-refractivity contribution in [3.63, 3.8) is 0 Å². The van der Waals surface area contributed by atoms with Gasteiger partial charge in [-0.2, -0.15) is 0 Å². The molecule has 0 spiro atoms. The van der Waals surface area contributed by atoms with E-state index < -0.39 is 18.6 Å². The molecule has 3 heterocycles. The van der Waals surface area contributed by atoms with Gasteiger partial charge in [0, 0.05) is 30.1 Å². The Bertz CT molecular complexity index is 942. The second kappa shape index (κ2) is 9.22. The molecule has 8 nitrogen and oxygen atoms in total. The van der Waals surface area contributed by atoms with Gasteiger partial charge in [-0.05, 0) is 18.2 Å². The minimum atomic E-state index is -4.72. The lowest BCUT2D eigenvalue weighted by Gasteiger charge is -2.40. The molecule has 0 N–H and O–H groups in total. The highest BCUT2D eigenvalue weighted by Crippen LogP contribution is 2.43. The van der Waals surface area contributed by atoms with Gasteiger partial charge in [0.05, 0.1) is 20.3 Å². The average Bonchev–Trinajstić information content (AvgIpc) is 3.45. The first-order valence-electron chi connectivity index (χ1n) is 9.79. The first-order chi connectivity index (χ1) is 15.3. The van der Waals surface area contributed by atoms with Gasteiger partial charge >= 0.3 is 6.36 Å². The molecule has 1 amide bonds. The summed E-state index contributed by atoms with van der Waals surface area (Å²) < 4.78 is 62.1. The van der Waals surface area contributed by atoms with E-state index >= 15 is 0 Å². The highest BCUT2D eigenvalue weighted by atomic mass is 32.1. The predicted molar refractivity (Wildman–Crippen MR) is 106 cm³/mol. The number of thiazole rings is 1. The molecule has 12 heteroatoms. The van der Waals surface area contributed by atoms with Crippen LogP contribution in [0.1, 0.15) is 21.8 Å². The Morgan fingerprint density at radius 2 is 2.19 bits per heavy atom. The van der Waals surface area contributed by atoms with Crippen LogP contribution in [0.2, 0.25) is 0 Å². The van der Waals surface area contributed by atoms with E-state index in [0.717, 1.165) is 5.01 Å². The zero-order chi connectivity index (χ0) is 22.8. The molecule has 2 aliphatic heterocycles. The number of carbonyl (C=O) groups excluding carboxylic acids is 1. The number of rotatable bonds is 7. The summed E-state index contributed by atoms with van der Waals surface area (Å²) in [4.78, 5) is 19.2. The first-order valence-corrected chi connectivity index (χ1v) is 10.7. The van der Waals surface area contributed by atoms with Crippen LogP contribution in [0, 0.1) is 0 Å². The molecule has 32 heavy (non-hydrogen) atoms. The molecule has 0 aliphatic carbocycles. The summed E-state index contributed by atoms with van der Waals surface area (Å²) in [6, 6.07) is 4.52. The Hall–Kier alpha value is -2.41. The Labute approximate surface area is 185 Å². The Morgan fingerprint density at radius 3 is 2.91 bits per heavy atom. The van der Waals surface area contributed by atoms with Crippen molar-refractivity contribution in [3.8, 4) is 11.5 Å². The van der Waals surface area contributed by atoms with Gasteiger partial charge in [0.15, 0.2) is 17.1 Å². The van der Waals surface area contributed by atoms with Crippen LogP contribution in [0.25, 0.3) is 0 Å². The fourth-order valence-corrected chi connectivity index (χ4v) is 4.67. The zero-order valence-electron chi connectivity index (χ0n) is 17.1. The molecule has 174 valence electrons. The summed E-state index contributed by atoms with van der Waals surface area (Å²) in [6.45, 7) is -0.0515. The van der Waals surface area contributed by atoms with E-state index in [9.17, 15) is 18.0 Å². The van der Waals surface area contributed by atoms with Crippen LogP contribution in [-0.2, 0) is 19.8 Å². The fraction of sp³-hybridized carbons (Fsp3) is 0.500. The van der Waals surface area contributed by atoms with Gasteiger partial charge in [0.2, 0.25) is 0 Å². The predicted octanol–water partition coefficient (Wildman–Crippen LogP) is 3.18. The van der Waals surface area contributed by atoms with Gasteiger partial charge in [-0.15, -0.1) is 24.5 Å². The van der Waals surface area contributed by atoms with E-state index in [1.165, 1.54) is 30.6 Å². The number of ether oxygens (including phenoxy) is 5. The van der Waals surface area contributed by atoms with Gasteiger partial charge in [-0.1, -0.05) is 0 Å². The number of halogens is 3. The summed E-state index contributed by atoms with van der Waals surface area (Å²) in [7, 11) is 1.38. The lowest BCUT2D eigenvalue weighted by atomic mass is 9.89. The summed E-state index contributed by atoms with van der Waals surface area (Å²) in [5.41, 5.74) is -0.278. The van der Waals surface area contributed by atoms with Crippen molar-refractivity contribution in [2.75, 3.05) is 40.2 Å². The maximum atomic E-state index is 13.1. The highest BCUT2D eigenvalue weighted by molar-refractivity contribution is 7.09. The lowest BCUT2D eigenvalue weighted by Crippen LogP contribution is -2.53. The molecule has 0 radical (unpaired) electrons. The molecule has 2 saturated heterocycles. The molecule has 0 saturated carbocycles. The molecule has 2 fully saturated rings. The first kappa shape index (κ1) is 22.8. The third-order valence-electron chi connectivity index (χ3n) is 5.34. The molecule has 4 rings (SSSR count). The van der Waals surface area contributed by atoms with Crippen molar-refractivity contribution in [2.45, 2.75) is 24.5 Å². The number of piperidine rings is 1. The van der Waals surface area contributed by atoms with Crippen LogP contribution >= 0.6 is 11.3 Å². The number of hydrogen-bond donors (Lipinski definition) is 0. The number of methoxy groups -OCH3 is 1. The average molecular weight is 474 g/mol. The second-order valence-corrected chi connectivity index (χ2v) is 8.05. The largest absolute Gasteiger partial charge is 0.522 e. The van der Waals surface area contributed by atoms with E-state index in [4.69, 9.17) is 18.9 Å². The smallest absolute Gasteiger partial charge is 0.493 e. The molecule has 0 unspecified atom stereocenters. The van der Waals surface area contributed by atoms with Crippen LogP contribution < -0.4 is 9.47 Å². The number of hydrogen-bond acceptors (Lipinski definition) is 8. The van der Waals surface area contributed by atoms with E-state index in [-0.39, 0.29) is 36.9 Å². The Balaban J connectivity index is 1.41. The quantitative estimate of drug-likeness (QED) is 0.571. The molecule has 1 aromatic carbocycles. The van der Waals surface area contributed by atoms with Crippen LogP contribution in [0.5, 0.6) is 11.5 Å². The van der Waals surface area contributed by atoms with Crippen LogP contribution in [0.15, 0.2) is 29.8 Å². The van der Waals surface area contributed by atoms with Gasteiger partial charge in [0.25, 0.3) is 5.91 Å². The van der Waals surface area contributed by atoms with Crippen molar-refractivity contribution in [1.82, 2.24) is 9.88 Å². The minimum Gasteiger partial charge on any atom is -0.493 e. The number of benzene rings is 1. The van der Waals surface area contributed by atoms with Crippen molar-refractivity contribution >= 4 is 17.2 Å². The minimum absolute atomic E-state index is 0.143. The molecule has 0 bridgehead atoms. The topological polar surface area (TPSA) is 79.4 Å². The monoisotopic (exact) mass is 474 g/mol. The molecular weight excluding hydrogens is 453 g/mol. The Morgan fingerprint density at radius 1 is 1.34 bits per heavy atom. The van der Waals surface area contributed by atoms with Crippen LogP contribution in [0.4, 0.5) is 13.2 Å². The van der Waals surface area contributed by atoms with Crippen molar-refractivity contribution in [2.24, 2.45) is 0 Å². The molecule has 2 atom stereocenters. The van der Waals surface area contributed by atoms with Crippen LogP contribution in [0.3, 0.4) is 0 Å². The second-order valence-electron chi connectivity index (χ2n) is 7.15. The van der Waals surface area contributed by atoms with Crippen molar-refractivity contribution in [3.05, 3.63) is 40.3 Å².